The Morgan fingerprint density at radius 3 is 1.31 bits per heavy atom. The topological polar surface area (TPSA) is 166 Å². The van der Waals surface area contributed by atoms with E-state index in [1.807, 2.05) is 0 Å². The van der Waals surface area contributed by atoms with E-state index in [9.17, 15) is 25.3 Å². The number of thiocarbonyl (C=S) groups is 3. The van der Waals surface area contributed by atoms with E-state index in [4.69, 9.17) is 50.9 Å². The number of hydrogen-bond donors (Lipinski definition) is 3. The van der Waals surface area contributed by atoms with Gasteiger partial charge < -0.3 is 30.2 Å². The maximum atomic E-state index is 11.6. The monoisotopic (exact) mass is 617 g/mol. The highest BCUT2D eigenvalue weighted by Crippen LogP contribution is 2.11. The van der Waals surface area contributed by atoms with E-state index in [1.54, 1.807) is 0 Å². The van der Waals surface area contributed by atoms with Crippen LogP contribution < -0.4 is 16.0 Å². The van der Waals surface area contributed by atoms with Crippen molar-refractivity contribution in [1.82, 2.24) is 16.0 Å². The summed E-state index contributed by atoms with van der Waals surface area (Å²) in [5, 5.41) is 7.77. The molecule has 0 aliphatic carbocycles. The first kappa shape index (κ1) is 28.7. The van der Waals surface area contributed by atoms with Gasteiger partial charge in [0.05, 0.1) is 34.5 Å². The average Bonchev–Trinajstić information content (AvgIpc) is 3.39. The summed E-state index contributed by atoms with van der Waals surface area (Å²) in [5.41, 5.74) is 1.16. The van der Waals surface area contributed by atoms with Gasteiger partial charge in [-0.3, -0.25) is 0 Å². The maximum absolute atomic E-state index is 11.6. The first-order chi connectivity index (χ1) is 16.7. The van der Waals surface area contributed by atoms with Crippen LogP contribution in [0.2, 0.25) is 0 Å². The predicted octanol–water partition coefficient (Wildman–Crippen LogP) is -1.03. The molecule has 200 valence electrons. The molecule has 0 aromatic carbocycles. The molecule has 3 rings (SSSR count). The lowest BCUT2D eigenvalue weighted by Gasteiger charge is -2.22. The van der Waals surface area contributed by atoms with Crippen molar-refractivity contribution >= 4 is 81.7 Å². The van der Waals surface area contributed by atoms with E-state index in [0.29, 0.717) is 17.1 Å². The molecule has 3 N–H and O–H groups in total. The molecule has 18 heteroatoms. The smallest absolute Gasteiger partial charge is 0.261 e. The normalized spacial score (nSPS) is 21.1. The number of rotatable bonds is 8. The summed E-state index contributed by atoms with van der Waals surface area (Å²) in [7, 11) is -9.61. The predicted molar refractivity (Wildman–Crippen MR) is 144 cm³/mol. The first-order valence-electron chi connectivity index (χ1n) is 10.2. The largest absolute Gasteiger partial charge is 0.467 e. The molecule has 0 saturated carbocycles. The number of nitrogens with one attached hydrogen (secondary N) is 3. The van der Waals surface area contributed by atoms with Gasteiger partial charge in [-0.05, 0) is 54.9 Å². The zero-order valence-corrected chi connectivity index (χ0v) is 23.5. The molecule has 0 amide bonds. The van der Waals surface area contributed by atoms with Gasteiger partial charge >= 0.3 is 0 Å². The standard InChI is InChI=1S/C18H23N3O9S6/c22-34(23)4-1-12(9-34)19-16(31)28-7-15(30-18(33)21-14-3-6-36(26,27)11-14)8-29-17(32)20-13-2-5-35(24,25)10-13/h1-3,15H,4-11H2,(H,19,31)(H,20,32)(H,21,33). The summed E-state index contributed by atoms with van der Waals surface area (Å²) in [6, 6.07) is 0. The van der Waals surface area contributed by atoms with E-state index >= 15 is 0 Å². The zero-order valence-electron chi connectivity index (χ0n) is 18.6. The minimum Gasteiger partial charge on any atom is -0.467 e. The number of hydrogen-bond acceptors (Lipinski definition) is 12. The first-order valence-corrected chi connectivity index (χ1v) is 16.9. The van der Waals surface area contributed by atoms with Crippen LogP contribution in [-0.4, -0.2) is 94.6 Å². The molecule has 0 unspecified atom stereocenters. The molecule has 3 aliphatic rings. The Morgan fingerprint density at radius 1 is 0.667 bits per heavy atom. The lowest BCUT2D eigenvalue weighted by atomic mass is 10.4. The molecule has 36 heavy (non-hydrogen) atoms. The molecule has 0 bridgehead atoms. The Bertz CT molecular complexity index is 1280. The second-order valence-electron chi connectivity index (χ2n) is 7.95. The van der Waals surface area contributed by atoms with Crippen LogP contribution in [0.1, 0.15) is 0 Å². The van der Waals surface area contributed by atoms with Gasteiger partial charge in [-0.25, -0.2) is 25.3 Å². The summed E-state index contributed by atoms with van der Waals surface area (Å²) < 4.78 is 86.1. The highest BCUT2D eigenvalue weighted by Gasteiger charge is 2.25. The number of ether oxygens (including phenoxy) is 3. The van der Waals surface area contributed by atoms with E-state index < -0.39 is 35.6 Å². The van der Waals surface area contributed by atoms with Gasteiger partial charge in [0.15, 0.2) is 35.6 Å². The highest BCUT2D eigenvalue weighted by atomic mass is 32.2. The van der Waals surface area contributed by atoms with Crippen molar-refractivity contribution in [1.29, 1.82) is 0 Å². The molecule has 0 saturated heterocycles. The summed E-state index contributed by atoms with van der Waals surface area (Å²) >= 11 is 15.4. The second kappa shape index (κ2) is 11.7. The molecule has 0 aromatic heterocycles. The molecule has 0 fully saturated rings. The molecule has 3 heterocycles. The quantitative estimate of drug-likeness (QED) is 0.283. The summed E-state index contributed by atoms with van der Waals surface area (Å²) in [6.45, 7) is -0.380. The fourth-order valence-corrected chi connectivity index (χ4v) is 7.48. The van der Waals surface area contributed by atoms with Gasteiger partial charge in [-0.2, -0.15) is 0 Å². The third-order valence-electron chi connectivity index (χ3n) is 4.74. The van der Waals surface area contributed by atoms with Crippen LogP contribution in [0.4, 0.5) is 0 Å². The van der Waals surface area contributed by atoms with E-state index in [0.717, 1.165) is 0 Å². The van der Waals surface area contributed by atoms with E-state index in [-0.39, 0.29) is 63.3 Å². The van der Waals surface area contributed by atoms with Crippen molar-refractivity contribution < 1.29 is 39.5 Å². The lowest BCUT2D eigenvalue weighted by Crippen LogP contribution is -2.38. The van der Waals surface area contributed by atoms with Crippen LogP contribution in [0, 0.1) is 0 Å². The Kier molecular flexibility index (Phi) is 9.31. The molecule has 0 atom stereocenters. The Balaban J connectivity index is 1.53. The molecule has 0 radical (unpaired) electrons. The van der Waals surface area contributed by atoms with E-state index in [2.05, 4.69) is 16.0 Å². The highest BCUT2D eigenvalue weighted by molar-refractivity contribution is 7.92. The fourth-order valence-electron chi connectivity index (χ4n) is 3.11. The maximum Gasteiger partial charge on any atom is 0.261 e. The lowest BCUT2D eigenvalue weighted by molar-refractivity contribution is 0.0634. The molecular formula is C18H23N3O9S6. The van der Waals surface area contributed by atoms with Gasteiger partial charge in [0, 0.05) is 17.1 Å². The van der Waals surface area contributed by atoms with Crippen molar-refractivity contribution in [3.8, 4) is 0 Å². The Labute approximate surface area is 225 Å². The number of sulfone groups is 3. The van der Waals surface area contributed by atoms with Crippen molar-refractivity contribution in [2.75, 3.05) is 47.7 Å². The van der Waals surface area contributed by atoms with Gasteiger partial charge in [-0.15, -0.1) is 0 Å². The minimum absolute atomic E-state index is 0.0920. The molecule has 0 aromatic rings. The summed E-state index contributed by atoms with van der Waals surface area (Å²) in [4.78, 5) is 0. The van der Waals surface area contributed by atoms with Gasteiger partial charge in [0.25, 0.3) is 15.5 Å². The van der Waals surface area contributed by atoms with Crippen LogP contribution >= 0.6 is 36.7 Å². The van der Waals surface area contributed by atoms with Gasteiger partial charge in [0.1, 0.15) is 13.2 Å². The Hall–Kier alpha value is -1.86. The minimum atomic E-state index is -3.22. The van der Waals surface area contributed by atoms with Crippen LogP contribution in [0.3, 0.4) is 0 Å². The zero-order chi connectivity index (χ0) is 26.6. The van der Waals surface area contributed by atoms with Gasteiger partial charge in [0.2, 0.25) is 0 Å². The molecule has 12 nitrogen and oxygen atoms in total. The van der Waals surface area contributed by atoms with E-state index in [1.165, 1.54) is 18.2 Å². The fraction of sp³-hybridized carbons (Fsp3) is 0.500. The van der Waals surface area contributed by atoms with Crippen molar-refractivity contribution in [3.63, 3.8) is 0 Å². The molecule has 3 aliphatic heterocycles. The third kappa shape index (κ3) is 9.55. The van der Waals surface area contributed by atoms with Crippen molar-refractivity contribution in [3.05, 3.63) is 35.3 Å². The van der Waals surface area contributed by atoms with Crippen molar-refractivity contribution in [2.45, 2.75) is 6.10 Å². The second-order valence-corrected chi connectivity index (χ2v) is 15.4. The molecular weight excluding hydrogens is 595 g/mol. The SMILES string of the molecule is O=S1(=O)CC=C(NC(=S)OCC(COC(=S)NC2=CCS(=O)(=O)C2)OC(=S)NC2=CCS(=O)(=O)C2)C1. The van der Waals surface area contributed by atoms with Crippen LogP contribution in [0.25, 0.3) is 0 Å². The summed E-state index contributed by atoms with van der Waals surface area (Å²) in [5.74, 6) is -0.860. The Morgan fingerprint density at radius 2 is 1.00 bits per heavy atom. The van der Waals surface area contributed by atoms with Crippen LogP contribution in [0.5, 0.6) is 0 Å². The molecule has 0 spiro atoms. The van der Waals surface area contributed by atoms with Gasteiger partial charge in [-0.1, -0.05) is 0 Å². The van der Waals surface area contributed by atoms with Crippen LogP contribution in [0.15, 0.2) is 35.3 Å². The summed E-state index contributed by atoms with van der Waals surface area (Å²) in [6.07, 6.45) is 3.59. The third-order valence-corrected chi connectivity index (χ3v) is 9.65. The van der Waals surface area contributed by atoms with Crippen molar-refractivity contribution in [2.24, 2.45) is 0 Å². The van der Waals surface area contributed by atoms with Crippen LogP contribution in [-0.2, 0) is 43.7 Å². The average molecular weight is 618 g/mol.